The molecular formula is C15H17N3OS2. The summed E-state index contributed by atoms with van der Waals surface area (Å²) < 4.78 is 5.22. The first kappa shape index (κ1) is 14.4. The van der Waals surface area contributed by atoms with Gasteiger partial charge in [0.2, 0.25) is 0 Å². The molecule has 2 aromatic rings. The third-order valence-corrected chi connectivity index (χ3v) is 4.86. The SMILES string of the molecule is COCCN1C(=S)N[C@@H](c2ccccn2)[C@H]1c1cccs1. The number of aromatic nitrogens is 1. The summed E-state index contributed by atoms with van der Waals surface area (Å²) in [5, 5.41) is 6.28. The minimum atomic E-state index is 0.0780. The lowest BCUT2D eigenvalue weighted by Gasteiger charge is -2.26. The largest absolute Gasteiger partial charge is 0.383 e. The van der Waals surface area contributed by atoms with Gasteiger partial charge in [-0.3, -0.25) is 4.98 Å². The summed E-state index contributed by atoms with van der Waals surface area (Å²) >= 11 is 7.27. The molecule has 0 bridgehead atoms. The van der Waals surface area contributed by atoms with Gasteiger partial charge in [-0.2, -0.15) is 0 Å². The second-order valence-corrected chi connectivity index (χ2v) is 6.19. The van der Waals surface area contributed by atoms with Crippen LogP contribution in [0.5, 0.6) is 0 Å². The van der Waals surface area contributed by atoms with Crippen LogP contribution in [0.2, 0.25) is 0 Å². The first-order valence-corrected chi connectivity index (χ1v) is 8.10. The molecular weight excluding hydrogens is 302 g/mol. The predicted molar refractivity (Wildman–Crippen MR) is 88.4 cm³/mol. The molecule has 0 unspecified atom stereocenters. The number of nitrogens with one attached hydrogen (secondary N) is 1. The van der Waals surface area contributed by atoms with Gasteiger partial charge in [0.1, 0.15) is 0 Å². The van der Waals surface area contributed by atoms with Gasteiger partial charge in [0.25, 0.3) is 0 Å². The highest BCUT2D eigenvalue weighted by atomic mass is 32.1. The average molecular weight is 319 g/mol. The number of hydrogen-bond donors (Lipinski definition) is 1. The normalized spacial score (nSPS) is 21.6. The molecule has 0 aromatic carbocycles. The van der Waals surface area contributed by atoms with Crippen molar-refractivity contribution in [3.05, 3.63) is 52.5 Å². The monoisotopic (exact) mass is 319 g/mol. The summed E-state index contributed by atoms with van der Waals surface area (Å²) in [4.78, 5) is 7.98. The van der Waals surface area contributed by atoms with Crippen molar-refractivity contribution in [3.8, 4) is 0 Å². The standard InChI is InChI=1S/C15H17N3OS2/c1-19-9-8-18-14(12-6-4-10-21-12)13(17-15(18)20)11-5-2-3-7-16-11/h2-7,10,13-14H,8-9H2,1H3,(H,17,20)/t13-,14+/m0/s1. The fraction of sp³-hybridized carbons (Fsp3) is 0.333. The zero-order valence-electron chi connectivity index (χ0n) is 11.7. The van der Waals surface area contributed by atoms with Crippen molar-refractivity contribution >= 4 is 28.7 Å². The number of hydrogen-bond acceptors (Lipinski definition) is 4. The Bertz CT molecular complexity index is 588. The van der Waals surface area contributed by atoms with E-state index in [-0.39, 0.29) is 12.1 Å². The summed E-state index contributed by atoms with van der Waals surface area (Å²) in [5.74, 6) is 0. The smallest absolute Gasteiger partial charge is 0.170 e. The summed E-state index contributed by atoms with van der Waals surface area (Å²) in [7, 11) is 1.71. The average Bonchev–Trinajstić information content (AvgIpc) is 3.13. The Morgan fingerprint density at radius 1 is 1.38 bits per heavy atom. The van der Waals surface area contributed by atoms with Gasteiger partial charge in [-0.25, -0.2) is 0 Å². The van der Waals surface area contributed by atoms with Gasteiger partial charge in [0.05, 0.1) is 24.4 Å². The fourth-order valence-corrected chi connectivity index (χ4v) is 3.81. The number of thiocarbonyl (C=S) groups is 1. The molecule has 2 aromatic heterocycles. The highest BCUT2D eigenvalue weighted by molar-refractivity contribution is 7.80. The van der Waals surface area contributed by atoms with Crippen molar-refractivity contribution in [1.29, 1.82) is 0 Å². The Morgan fingerprint density at radius 2 is 2.29 bits per heavy atom. The quantitative estimate of drug-likeness (QED) is 0.858. The van der Waals surface area contributed by atoms with Crippen LogP contribution in [0.1, 0.15) is 22.7 Å². The van der Waals surface area contributed by atoms with E-state index in [1.165, 1.54) is 4.88 Å². The van der Waals surface area contributed by atoms with Crippen molar-refractivity contribution < 1.29 is 4.74 Å². The van der Waals surface area contributed by atoms with Gasteiger partial charge in [-0.1, -0.05) is 12.1 Å². The Hall–Kier alpha value is -1.50. The van der Waals surface area contributed by atoms with Crippen LogP contribution in [0.3, 0.4) is 0 Å². The number of methoxy groups -OCH3 is 1. The fourth-order valence-electron chi connectivity index (χ4n) is 2.60. The lowest BCUT2D eigenvalue weighted by molar-refractivity contribution is 0.164. The number of pyridine rings is 1. The third-order valence-electron chi connectivity index (χ3n) is 3.57. The van der Waals surface area contributed by atoms with Crippen LogP contribution < -0.4 is 5.32 Å². The van der Waals surface area contributed by atoms with E-state index in [2.05, 4.69) is 32.7 Å². The second-order valence-electron chi connectivity index (χ2n) is 4.83. The van der Waals surface area contributed by atoms with Crippen molar-refractivity contribution in [2.75, 3.05) is 20.3 Å². The summed E-state index contributed by atoms with van der Waals surface area (Å²) in [5.41, 5.74) is 1.01. The highest BCUT2D eigenvalue weighted by Crippen LogP contribution is 2.39. The molecule has 1 N–H and O–H groups in total. The maximum atomic E-state index is 5.52. The molecule has 1 aliphatic heterocycles. The van der Waals surface area contributed by atoms with Crippen LogP contribution in [0.25, 0.3) is 0 Å². The van der Waals surface area contributed by atoms with E-state index in [0.29, 0.717) is 6.61 Å². The van der Waals surface area contributed by atoms with Crippen LogP contribution in [0.15, 0.2) is 41.9 Å². The molecule has 0 aliphatic carbocycles. The Kier molecular flexibility index (Phi) is 4.48. The molecule has 110 valence electrons. The number of ether oxygens (including phenoxy) is 1. The molecule has 3 rings (SSSR count). The molecule has 21 heavy (non-hydrogen) atoms. The van der Waals surface area contributed by atoms with E-state index in [0.717, 1.165) is 17.4 Å². The zero-order chi connectivity index (χ0) is 14.7. The van der Waals surface area contributed by atoms with Crippen molar-refractivity contribution in [2.24, 2.45) is 0 Å². The first-order chi connectivity index (χ1) is 10.3. The molecule has 0 radical (unpaired) electrons. The van der Waals surface area contributed by atoms with Gasteiger partial charge in [0.15, 0.2) is 5.11 Å². The van der Waals surface area contributed by atoms with Gasteiger partial charge in [-0.15, -0.1) is 11.3 Å². The first-order valence-electron chi connectivity index (χ1n) is 6.81. The molecule has 4 nitrogen and oxygen atoms in total. The van der Waals surface area contributed by atoms with E-state index in [4.69, 9.17) is 17.0 Å². The van der Waals surface area contributed by atoms with Gasteiger partial charge < -0.3 is 15.0 Å². The molecule has 0 amide bonds. The molecule has 6 heteroatoms. The highest BCUT2D eigenvalue weighted by Gasteiger charge is 2.39. The summed E-state index contributed by atoms with van der Waals surface area (Å²) in [6, 6.07) is 10.5. The van der Waals surface area contributed by atoms with Crippen molar-refractivity contribution in [3.63, 3.8) is 0 Å². The van der Waals surface area contributed by atoms with E-state index in [1.807, 2.05) is 24.4 Å². The van der Waals surface area contributed by atoms with E-state index in [1.54, 1.807) is 18.4 Å². The van der Waals surface area contributed by atoms with E-state index < -0.39 is 0 Å². The molecule has 0 saturated carbocycles. The maximum absolute atomic E-state index is 5.52. The van der Waals surface area contributed by atoms with Crippen molar-refractivity contribution in [1.82, 2.24) is 15.2 Å². The third kappa shape index (κ3) is 2.92. The van der Waals surface area contributed by atoms with Crippen LogP contribution >= 0.6 is 23.6 Å². The summed E-state index contributed by atoms with van der Waals surface area (Å²) in [6.45, 7) is 1.42. The number of thiophene rings is 1. The minimum Gasteiger partial charge on any atom is -0.383 e. The molecule has 2 atom stereocenters. The molecule has 1 saturated heterocycles. The Morgan fingerprint density at radius 3 is 2.95 bits per heavy atom. The van der Waals surface area contributed by atoms with Crippen LogP contribution in [0, 0.1) is 0 Å². The topological polar surface area (TPSA) is 37.4 Å². The molecule has 3 heterocycles. The van der Waals surface area contributed by atoms with Gasteiger partial charge in [-0.05, 0) is 35.8 Å². The predicted octanol–water partition coefficient (Wildman–Crippen LogP) is 2.76. The van der Waals surface area contributed by atoms with E-state index in [9.17, 15) is 0 Å². The lowest BCUT2D eigenvalue weighted by atomic mass is 10.0. The zero-order valence-corrected chi connectivity index (χ0v) is 13.4. The second kappa shape index (κ2) is 6.51. The lowest BCUT2D eigenvalue weighted by Crippen LogP contribution is -2.32. The molecule has 1 aliphatic rings. The van der Waals surface area contributed by atoms with Crippen LogP contribution in [-0.2, 0) is 4.74 Å². The van der Waals surface area contributed by atoms with Crippen LogP contribution in [0.4, 0.5) is 0 Å². The van der Waals surface area contributed by atoms with Gasteiger partial charge >= 0.3 is 0 Å². The molecule has 1 fully saturated rings. The number of rotatable bonds is 5. The Labute approximate surface area is 133 Å². The number of nitrogens with zero attached hydrogens (tertiary/aromatic N) is 2. The van der Waals surface area contributed by atoms with Crippen molar-refractivity contribution in [2.45, 2.75) is 12.1 Å². The van der Waals surface area contributed by atoms with Crippen LogP contribution in [-0.4, -0.2) is 35.3 Å². The van der Waals surface area contributed by atoms with Gasteiger partial charge in [0, 0.05) is 24.7 Å². The Balaban J connectivity index is 1.94. The summed E-state index contributed by atoms with van der Waals surface area (Å²) in [6.07, 6.45) is 1.82. The minimum absolute atomic E-state index is 0.0780. The van der Waals surface area contributed by atoms with E-state index >= 15 is 0 Å². The molecule has 0 spiro atoms. The maximum Gasteiger partial charge on any atom is 0.170 e.